The Kier molecular flexibility index (Phi) is 4.99. The Hall–Kier alpha value is -2.98. The van der Waals surface area contributed by atoms with Crippen molar-refractivity contribution >= 4 is 33.3 Å². The van der Waals surface area contributed by atoms with Crippen LogP contribution in [0.5, 0.6) is 5.75 Å². The summed E-state index contributed by atoms with van der Waals surface area (Å²) in [5.41, 5.74) is 0.793. The zero-order chi connectivity index (χ0) is 16.8. The third kappa shape index (κ3) is 3.67. The second-order valence-corrected chi connectivity index (χ2v) is 5.93. The molecule has 0 aliphatic rings. The number of pyridine rings is 1. The number of carbonyl (C=O) groups is 1. The van der Waals surface area contributed by atoms with Crippen molar-refractivity contribution in [3.05, 3.63) is 47.6 Å². The molecule has 1 aromatic carbocycles. The number of nitriles is 1. The second kappa shape index (κ2) is 7.53. The summed E-state index contributed by atoms with van der Waals surface area (Å²) in [5, 5.41) is 11.7. The molecule has 7 heteroatoms. The maximum atomic E-state index is 12.4. The number of rotatable bonds is 6. The van der Waals surface area contributed by atoms with Crippen LogP contribution in [0.4, 0.5) is 5.82 Å². The topological polar surface area (TPSA) is 87.9 Å². The van der Waals surface area contributed by atoms with Gasteiger partial charge < -0.3 is 10.1 Å². The zero-order valence-electron chi connectivity index (χ0n) is 12.7. The Balaban J connectivity index is 1.73. The fourth-order valence-corrected chi connectivity index (χ4v) is 2.93. The van der Waals surface area contributed by atoms with E-state index in [-0.39, 0.29) is 5.91 Å². The molecule has 2 aromatic heterocycles. The van der Waals surface area contributed by atoms with Crippen molar-refractivity contribution in [1.29, 1.82) is 5.26 Å². The van der Waals surface area contributed by atoms with E-state index < -0.39 is 0 Å². The number of aromatic nitrogens is 2. The van der Waals surface area contributed by atoms with Crippen molar-refractivity contribution in [3.8, 4) is 11.8 Å². The summed E-state index contributed by atoms with van der Waals surface area (Å²) in [6, 6.07) is 13.1. The van der Waals surface area contributed by atoms with E-state index in [0.29, 0.717) is 36.0 Å². The van der Waals surface area contributed by atoms with Gasteiger partial charge in [0.1, 0.15) is 0 Å². The molecule has 3 aromatic rings. The highest BCUT2D eigenvalue weighted by Crippen LogP contribution is 2.25. The number of anilines is 1. The predicted octanol–water partition coefficient (Wildman–Crippen LogP) is 3.63. The van der Waals surface area contributed by atoms with Crippen LogP contribution in [-0.2, 0) is 0 Å². The first kappa shape index (κ1) is 15.9. The van der Waals surface area contributed by atoms with E-state index in [1.807, 2.05) is 24.3 Å². The highest BCUT2D eigenvalue weighted by atomic mass is 32.1. The fraction of sp³-hybridized carbons (Fsp3) is 0.176. The van der Waals surface area contributed by atoms with Crippen LogP contribution in [0.25, 0.3) is 10.2 Å². The zero-order valence-corrected chi connectivity index (χ0v) is 13.5. The molecular weight excluding hydrogens is 324 g/mol. The molecule has 1 amide bonds. The van der Waals surface area contributed by atoms with Crippen molar-refractivity contribution < 1.29 is 9.53 Å². The lowest BCUT2D eigenvalue weighted by molar-refractivity contribution is 0.102. The number of ether oxygens (including phenoxy) is 1. The van der Waals surface area contributed by atoms with E-state index in [2.05, 4.69) is 21.4 Å². The number of nitrogens with one attached hydrogen (secondary N) is 1. The highest BCUT2D eigenvalue weighted by molar-refractivity contribution is 7.20. The maximum absolute atomic E-state index is 12.4. The Morgan fingerprint density at radius 1 is 1.29 bits per heavy atom. The minimum Gasteiger partial charge on any atom is -0.490 e. The molecule has 0 saturated carbocycles. The van der Waals surface area contributed by atoms with E-state index in [1.54, 1.807) is 18.3 Å². The second-order valence-electron chi connectivity index (χ2n) is 4.90. The van der Waals surface area contributed by atoms with Crippen LogP contribution < -0.4 is 10.1 Å². The maximum Gasteiger partial charge on any atom is 0.285 e. The van der Waals surface area contributed by atoms with E-state index in [9.17, 15) is 4.79 Å². The van der Waals surface area contributed by atoms with Gasteiger partial charge in [0, 0.05) is 12.6 Å². The van der Waals surface area contributed by atoms with Gasteiger partial charge in [-0.1, -0.05) is 12.1 Å². The number of fused-ring (bicyclic) bond motifs is 1. The first-order chi connectivity index (χ1) is 11.8. The Bertz CT molecular complexity index is 868. The fourth-order valence-electron chi connectivity index (χ4n) is 2.06. The molecule has 0 aliphatic heterocycles. The van der Waals surface area contributed by atoms with E-state index in [0.717, 1.165) is 10.2 Å². The third-order valence-corrected chi connectivity index (χ3v) is 4.22. The van der Waals surface area contributed by atoms with Crippen LogP contribution in [0, 0.1) is 11.3 Å². The lowest BCUT2D eigenvalue weighted by Crippen LogP contribution is -2.14. The minimum absolute atomic E-state index is 0.322. The normalized spacial score (nSPS) is 10.3. The summed E-state index contributed by atoms with van der Waals surface area (Å²) in [4.78, 5) is 20.9. The molecule has 3 rings (SSSR count). The van der Waals surface area contributed by atoms with Crippen molar-refractivity contribution in [2.24, 2.45) is 0 Å². The Morgan fingerprint density at radius 2 is 2.17 bits per heavy atom. The number of hydrogen-bond acceptors (Lipinski definition) is 6. The largest absolute Gasteiger partial charge is 0.490 e. The van der Waals surface area contributed by atoms with Crippen LogP contribution in [0.2, 0.25) is 0 Å². The quantitative estimate of drug-likeness (QED) is 0.693. The van der Waals surface area contributed by atoms with Crippen molar-refractivity contribution in [1.82, 2.24) is 9.97 Å². The SMILES string of the molecule is N#CCCCOc1cccnc1NC(=O)c1nc2ccccc2s1. The molecule has 0 unspecified atom stereocenters. The molecule has 0 atom stereocenters. The van der Waals surface area contributed by atoms with Gasteiger partial charge >= 0.3 is 0 Å². The van der Waals surface area contributed by atoms with Gasteiger partial charge in [0.05, 0.1) is 22.9 Å². The average Bonchev–Trinajstić information content (AvgIpc) is 3.04. The number of carbonyl (C=O) groups excluding carboxylic acids is 1. The molecule has 0 saturated heterocycles. The number of thiazole rings is 1. The third-order valence-electron chi connectivity index (χ3n) is 3.18. The molecule has 24 heavy (non-hydrogen) atoms. The molecule has 0 bridgehead atoms. The van der Waals surface area contributed by atoms with E-state index in [1.165, 1.54) is 11.3 Å². The van der Waals surface area contributed by atoms with Gasteiger partial charge in [-0.05, 0) is 30.7 Å². The molecule has 0 spiro atoms. The number of para-hydroxylation sites is 1. The van der Waals surface area contributed by atoms with Gasteiger partial charge in [0.2, 0.25) is 0 Å². The Morgan fingerprint density at radius 3 is 3.00 bits per heavy atom. The van der Waals surface area contributed by atoms with Crippen LogP contribution in [-0.4, -0.2) is 22.5 Å². The lowest BCUT2D eigenvalue weighted by Gasteiger charge is -2.10. The predicted molar refractivity (Wildman–Crippen MR) is 92.2 cm³/mol. The Labute approximate surface area is 142 Å². The number of hydrogen-bond donors (Lipinski definition) is 1. The average molecular weight is 338 g/mol. The van der Waals surface area contributed by atoms with Crippen molar-refractivity contribution in [3.63, 3.8) is 0 Å². The van der Waals surface area contributed by atoms with Crippen LogP contribution >= 0.6 is 11.3 Å². The van der Waals surface area contributed by atoms with Gasteiger partial charge in [-0.3, -0.25) is 4.79 Å². The molecule has 0 aliphatic carbocycles. The van der Waals surface area contributed by atoms with E-state index >= 15 is 0 Å². The van der Waals surface area contributed by atoms with Gasteiger partial charge in [-0.15, -0.1) is 11.3 Å². The standard InChI is InChI=1S/C17H14N4O2S/c18-9-3-4-11-23-13-7-5-10-19-15(13)21-16(22)17-20-12-6-1-2-8-14(12)24-17/h1-2,5-8,10H,3-4,11H2,(H,19,21,22). The van der Waals surface area contributed by atoms with E-state index in [4.69, 9.17) is 10.00 Å². The minimum atomic E-state index is -0.322. The number of amides is 1. The molecular formula is C17H14N4O2S. The molecule has 120 valence electrons. The summed E-state index contributed by atoms with van der Waals surface area (Å²) in [5.74, 6) is 0.500. The molecule has 0 radical (unpaired) electrons. The number of benzene rings is 1. The molecule has 1 N–H and O–H groups in total. The molecule has 2 heterocycles. The monoisotopic (exact) mass is 338 g/mol. The molecule has 0 fully saturated rings. The first-order valence-corrected chi connectivity index (χ1v) is 8.21. The van der Waals surface area contributed by atoms with Gasteiger partial charge in [0.15, 0.2) is 16.6 Å². The molecule has 6 nitrogen and oxygen atoms in total. The smallest absolute Gasteiger partial charge is 0.285 e. The van der Waals surface area contributed by atoms with Crippen LogP contribution in [0.15, 0.2) is 42.6 Å². The number of nitrogens with zero attached hydrogens (tertiary/aromatic N) is 3. The summed E-state index contributed by atoms with van der Waals surface area (Å²) < 4.78 is 6.54. The van der Waals surface area contributed by atoms with Crippen LogP contribution in [0.3, 0.4) is 0 Å². The highest BCUT2D eigenvalue weighted by Gasteiger charge is 2.15. The summed E-state index contributed by atoms with van der Waals surface area (Å²) in [6.07, 6.45) is 2.63. The first-order valence-electron chi connectivity index (χ1n) is 7.39. The van der Waals surface area contributed by atoms with Crippen LogP contribution in [0.1, 0.15) is 22.6 Å². The summed E-state index contributed by atoms with van der Waals surface area (Å²) >= 11 is 1.33. The summed E-state index contributed by atoms with van der Waals surface area (Å²) in [6.45, 7) is 0.392. The summed E-state index contributed by atoms with van der Waals surface area (Å²) in [7, 11) is 0. The van der Waals surface area contributed by atoms with Gasteiger partial charge in [0.25, 0.3) is 5.91 Å². The van der Waals surface area contributed by atoms with Gasteiger partial charge in [-0.25, -0.2) is 9.97 Å². The lowest BCUT2D eigenvalue weighted by atomic mass is 10.3. The number of unbranched alkanes of at least 4 members (excludes halogenated alkanes) is 1. The van der Waals surface area contributed by atoms with Gasteiger partial charge in [-0.2, -0.15) is 5.26 Å². The van der Waals surface area contributed by atoms with Crippen molar-refractivity contribution in [2.45, 2.75) is 12.8 Å². The van der Waals surface area contributed by atoms with Crippen molar-refractivity contribution in [2.75, 3.05) is 11.9 Å².